The van der Waals surface area contributed by atoms with Crippen LogP contribution in [0.25, 0.3) is 0 Å². The monoisotopic (exact) mass is 440 g/mol. The summed E-state index contributed by atoms with van der Waals surface area (Å²) in [5.74, 6) is 2.03. The Kier molecular flexibility index (Phi) is 7.76. The summed E-state index contributed by atoms with van der Waals surface area (Å²) >= 11 is 11.9. The van der Waals surface area contributed by atoms with Crippen LogP contribution in [0.1, 0.15) is 11.1 Å². The van der Waals surface area contributed by atoms with Crippen molar-refractivity contribution < 1.29 is 28.5 Å². The minimum Gasteiger partial charge on any atom is -0.497 e. The van der Waals surface area contributed by atoms with Gasteiger partial charge < -0.3 is 18.9 Å². The fourth-order valence-corrected chi connectivity index (χ4v) is 3.60. The topological polar surface area (TPSA) is 71.1 Å². The molecule has 0 heterocycles. The van der Waals surface area contributed by atoms with Crippen molar-refractivity contribution in [1.82, 2.24) is 0 Å². The number of ether oxygens (including phenoxy) is 4. The highest BCUT2D eigenvalue weighted by molar-refractivity contribution is 6.74. The lowest BCUT2D eigenvalue weighted by atomic mass is 9.78. The summed E-state index contributed by atoms with van der Waals surface area (Å²) in [4.78, 5) is 25.1. The SMILES string of the molecule is COc1ccc(OC)c(CC(Cc2cc(OC)ccc2OC)(C(=O)Cl)C(=O)Cl)c1. The number of hydrogen-bond donors (Lipinski definition) is 0. The van der Waals surface area contributed by atoms with E-state index in [1.54, 1.807) is 36.4 Å². The van der Waals surface area contributed by atoms with Crippen LogP contribution >= 0.6 is 23.2 Å². The lowest BCUT2D eigenvalue weighted by molar-refractivity contribution is -0.131. The Morgan fingerprint density at radius 2 is 1.10 bits per heavy atom. The van der Waals surface area contributed by atoms with Crippen LogP contribution in [0.3, 0.4) is 0 Å². The van der Waals surface area contributed by atoms with E-state index in [1.165, 1.54) is 28.4 Å². The highest BCUT2D eigenvalue weighted by atomic mass is 35.5. The number of halogens is 2. The van der Waals surface area contributed by atoms with E-state index in [9.17, 15) is 9.59 Å². The zero-order valence-corrected chi connectivity index (χ0v) is 18.1. The van der Waals surface area contributed by atoms with Gasteiger partial charge in [0.25, 0.3) is 0 Å². The highest BCUT2D eigenvalue weighted by Crippen LogP contribution is 2.40. The van der Waals surface area contributed by atoms with Gasteiger partial charge in [0, 0.05) is 0 Å². The summed E-state index contributed by atoms with van der Waals surface area (Å²) in [6.07, 6.45) is -0.170. The number of benzene rings is 2. The average molecular weight is 441 g/mol. The molecule has 0 unspecified atom stereocenters. The lowest BCUT2D eigenvalue weighted by Crippen LogP contribution is -2.39. The fourth-order valence-electron chi connectivity index (χ4n) is 3.11. The van der Waals surface area contributed by atoms with Crippen LogP contribution in [-0.4, -0.2) is 38.9 Å². The smallest absolute Gasteiger partial charge is 0.237 e. The molecular formula is C21H22Cl2O6. The number of rotatable bonds is 10. The first kappa shape index (κ1) is 22.8. The summed E-state index contributed by atoms with van der Waals surface area (Å²) in [7, 11) is 6.00. The minimum atomic E-state index is -1.75. The van der Waals surface area contributed by atoms with Gasteiger partial charge in [0.1, 0.15) is 28.4 Å². The first-order valence-electron chi connectivity index (χ1n) is 8.63. The predicted molar refractivity (Wildman–Crippen MR) is 111 cm³/mol. The number of methoxy groups -OCH3 is 4. The number of carbonyl (C=O) groups is 2. The number of carbonyl (C=O) groups excluding carboxylic acids is 2. The Morgan fingerprint density at radius 3 is 1.38 bits per heavy atom. The quantitative estimate of drug-likeness (QED) is 0.410. The van der Waals surface area contributed by atoms with Crippen LogP contribution < -0.4 is 18.9 Å². The molecule has 0 aliphatic carbocycles. The Labute approximate surface area is 179 Å². The van der Waals surface area contributed by atoms with Crippen molar-refractivity contribution in [3.05, 3.63) is 47.5 Å². The van der Waals surface area contributed by atoms with Crippen molar-refractivity contribution in [2.75, 3.05) is 28.4 Å². The third-order valence-electron chi connectivity index (χ3n) is 4.71. The average Bonchev–Trinajstić information content (AvgIpc) is 2.72. The van der Waals surface area contributed by atoms with Crippen molar-refractivity contribution in [2.24, 2.45) is 5.41 Å². The Balaban J connectivity index is 2.59. The first-order valence-corrected chi connectivity index (χ1v) is 9.38. The summed E-state index contributed by atoms with van der Waals surface area (Å²) in [5, 5.41) is -1.76. The molecule has 156 valence electrons. The first-order chi connectivity index (χ1) is 13.8. The normalized spacial score (nSPS) is 11.0. The van der Waals surface area contributed by atoms with Crippen molar-refractivity contribution in [2.45, 2.75) is 12.8 Å². The van der Waals surface area contributed by atoms with Crippen molar-refractivity contribution in [1.29, 1.82) is 0 Å². The van der Waals surface area contributed by atoms with Crippen LogP contribution in [0.5, 0.6) is 23.0 Å². The second kappa shape index (κ2) is 9.85. The molecule has 0 aromatic heterocycles. The molecule has 0 radical (unpaired) electrons. The second-order valence-corrected chi connectivity index (χ2v) is 7.03. The van der Waals surface area contributed by atoms with Crippen LogP contribution in [-0.2, 0) is 22.4 Å². The second-order valence-electron chi connectivity index (χ2n) is 6.34. The summed E-state index contributed by atoms with van der Waals surface area (Å²) < 4.78 is 21.2. The van der Waals surface area contributed by atoms with Crippen molar-refractivity contribution in [3.8, 4) is 23.0 Å². The molecule has 0 aliphatic rings. The van der Waals surface area contributed by atoms with E-state index >= 15 is 0 Å². The molecule has 0 fully saturated rings. The molecule has 2 aromatic rings. The van der Waals surface area contributed by atoms with Crippen LogP contribution in [0, 0.1) is 5.41 Å². The molecule has 2 rings (SSSR count). The maximum atomic E-state index is 12.5. The molecule has 29 heavy (non-hydrogen) atoms. The fraction of sp³-hybridized carbons (Fsp3) is 0.333. The molecule has 0 spiro atoms. The third kappa shape index (κ3) is 4.95. The van der Waals surface area contributed by atoms with Gasteiger partial charge in [-0.15, -0.1) is 0 Å². The molecule has 8 heteroatoms. The van der Waals surface area contributed by atoms with E-state index in [2.05, 4.69) is 0 Å². The zero-order valence-electron chi connectivity index (χ0n) is 16.6. The molecule has 6 nitrogen and oxygen atoms in total. The largest absolute Gasteiger partial charge is 0.497 e. The van der Waals surface area contributed by atoms with E-state index in [1.807, 2.05) is 0 Å². The Hall–Kier alpha value is -2.44. The van der Waals surface area contributed by atoms with Crippen LogP contribution in [0.15, 0.2) is 36.4 Å². The van der Waals surface area contributed by atoms with Crippen molar-refractivity contribution in [3.63, 3.8) is 0 Å². The minimum absolute atomic E-state index is 0.0849. The molecule has 0 saturated heterocycles. The Bertz CT molecular complexity index is 823. The molecule has 2 aromatic carbocycles. The van der Waals surface area contributed by atoms with E-state index in [4.69, 9.17) is 42.1 Å². The maximum absolute atomic E-state index is 12.5. The Morgan fingerprint density at radius 1 is 0.724 bits per heavy atom. The van der Waals surface area contributed by atoms with Gasteiger partial charge in [0.2, 0.25) is 10.5 Å². The van der Waals surface area contributed by atoms with Crippen molar-refractivity contribution >= 4 is 33.7 Å². The zero-order chi connectivity index (χ0) is 21.6. The van der Waals surface area contributed by atoms with E-state index < -0.39 is 15.9 Å². The van der Waals surface area contributed by atoms with Gasteiger partial charge in [-0.05, 0) is 83.6 Å². The molecule has 0 N–H and O–H groups in total. The van der Waals surface area contributed by atoms with Gasteiger partial charge in [-0.1, -0.05) is 0 Å². The van der Waals surface area contributed by atoms with Crippen LogP contribution in [0.4, 0.5) is 0 Å². The lowest BCUT2D eigenvalue weighted by Gasteiger charge is -2.28. The van der Waals surface area contributed by atoms with Gasteiger partial charge in [-0.25, -0.2) is 0 Å². The predicted octanol–water partition coefficient (Wildman–Crippen LogP) is 4.02. The summed E-state index contributed by atoms with van der Waals surface area (Å²) in [5.41, 5.74) is -0.643. The molecule has 0 bridgehead atoms. The van der Waals surface area contributed by atoms with Gasteiger partial charge in [0.15, 0.2) is 0 Å². The van der Waals surface area contributed by atoms with E-state index in [0.29, 0.717) is 34.1 Å². The summed E-state index contributed by atoms with van der Waals surface area (Å²) in [6, 6.07) is 10.1. The molecular weight excluding hydrogens is 419 g/mol. The highest BCUT2D eigenvalue weighted by Gasteiger charge is 2.45. The van der Waals surface area contributed by atoms with Gasteiger partial charge in [-0.2, -0.15) is 0 Å². The van der Waals surface area contributed by atoms with Gasteiger partial charge >= 0.3 is 0 Å². The maximum Gasteiger partial charge on any atom is 0.237 e. The number of hydrogen-bond acceptors (Lipinski definition) is 6. The van der Waals surface area contributed by atoms with Gasteiger partial charge in [-0.3, -0.25) is 9.59 Å². The standard InChI is InChI=1S/C21H22Cl2O6/c1-26-15-5-7-17(28-3)13(9-15)11-21(19(22)24,20(23)25)12-14-10-16(27-2)6-8-18(14)29-4/h5-10H,11-12H2,1-4H3. The van der Waals surface area contributed by atoms with E-state index in [-0.39, 0.29) is 12.8 Å². The molecule has 0 saturated carbocycles. The van der Waals surface area contributed by atoms with E-state index in [0.717, 1.165) is 0 Å². The molecule has 0 atom stereocenters. The van der Waals surface area contributed by atoms with Gasteiger partial charge in [0.05, 0.1) is 28.4 Å². The third-order valence-corrected chi connectivity index (χ3v) is 5.44. The molecule has 0 amide bonds. The molecule has 0 aliphatic heterocycles. The van der Waals surface area contributed by atoms with Crippen LogP contribution in [0.2, 0.25) is 0 Å². The summed E-state index contributed by atoms with van der Waals surface area (Å²) in [6.45, 7) is 0.